The fourth-order valence-electron chi connectivity index (χ4n) is 0.244. The third-order valence-electron chi connectivity index (χ3n) is 0.560. The highest BCUT2D eigenvalue weighted by Crippen LogP contribution is 1.95. The Labute approximate surface area is 50.9 Å². The molecule has 0 aromatic carbocycles. The van der Waals surface area contributed by atoms with E-state index in [1.807, 2.05) is 0 Å². The lowest BCUT2D eigenvalue weighted by atomic mass is 10.3. The molecule has 0 N–H and O–H groups in total. The Morgan fingerprint density at radius 3 is 2.50 bits per heavy atom. The molecule has 0 spiro atoms. The van der Waals surface area contributed by atoms with Gasteiger partial charge in [-0.1, -0.05) is 35.6 Å². The van der Waals surface area contributed by atoms with Gasteiger partial charge in [0.05, 0.1) is 0 Å². The monoisotopic (exact) mass is 152 g/mol. The topological polar surface area (TPSA) is 0 Å². The van der Waals surface area contributed by atoms with Crippen molar-refractivity contribution in [2.24, 2.45) is 0 Å². The summed E-state index contributed by atoms with van der Waals surface area (Å²) in [6, 6.07) is 0. The molecule has 0 atom stereocenters. The Balaban J connectivity index is 3.11. The van der Waals surface area contributed by atoms with E-state index in [1.165, 1.54) is 0 Å². The predicted molar refractivity (Wildman–Crippen MR) is 33.3 cm³/mol. The molecule has 0 amide bonds. The van der Waals surface area contributed by atoms with Crippen LogP contribution in [0.15, 0.2) is 0 Å². The number of hydrogen-bond donors (Lipinski definition) is 0. The summed E-state index contributed by atoms with van der Waals surface area (Å²) in [6.07, 6.45) is 0.593. The molecule has 0 aromatic heterocycles. The van der Waals surface area contributed by atoms with Gasteiger partial charge in [-0.2, -0.15) is 0 Å². The van der Waals surface area contributed by atoms with Crippen molar-refractivity contribution in [3.63, 3.8) is 0 Å². The highest BCUT2D eigenvalue weighted by atomic mass is 79.9. The first-order chi connectivity index (χ1) is 3.56. The summed E-state index contributed by atoms with van der Waals surface area (Å²) in [5.74, 6) is 0. The van der Waals surface area contributed by atoms with Gasteiger partial charge >= 0.3 is 0 Å². The second-order valence-corrected chi connectivity index (χ2v) is 1.94. The van der Waals surface area contributed by atoms with E-state index in [9.17, 15) is 0 Å². The van der Waals surface area contributed by atoms with Gasteiger partial charge in [0.1, 0.15) is 0 Å². The van der Waals surface area contributed by atoms with Gasteiger partial charge < -0.3 is 0 Å². The molecular formula is C5H11Br. The van der Waals surface area contributed by atoms with Crippen LogP contribution in [0.2, 0.25) is 0 Å². The van der Waals surface area contributed by atoms with Crippen molar-refractivity contribution in [1.29, 1.82) is 0 Å². The second kappa shape index (κ2) is 5.48. The zero-order valence-corrected chi connectivity index (χ0v) is 5.59. The summed E-state index contributed by atoms with van der Waals surface area (Å²) in [5.41, 5.74) is 0. The van der Waals surface area contributed by atoms with E-state index in [0.717, 1.165) is 11.8 Å². The second-order valence-electron chi connectivity index (χ2n) is 1.15. The first-order valence-corrected chi connectivity index (χ1v) is 3.24. The van der Waals surface area contributed by atoms with Gasteiger partial charge in [-0.3, -0.25) is 0 Å². The molecule has 0 bridgehead atoms. The number of hydrogen-bond acceptors (Lipinski definition) is 0. The lowest BCUT2D eigenvalue weighted by Crippen LogP contribution is -1.70. The normalized spacial score (nSPS) is 16.3. The first kappa shape index (κ1) is 3.48. The highest BCUT2D eigenvalue weighted by molar-refractivity contribution is 9.09. The first-order valence-electron chi connectivity index (χ1n) is 3.12. The molecule has 0 unspecified atom stereocenters. The molecule has 0 fully saturated rings. The molecule has 0 aliphatic heterocycles. The van der Waals surface area contributed by atoms with Crippen LogP contribution >= 0.6 is 15.9 Å². The van der Waals surface area contributed by atoms with E-state index >= 15 is 0 Å². The summed E-state index contributed by atoms with van der Waals surface area (Å²) in [5, 5.41) is 0.903. The molecule has 0 saturated carbocycles. The van der Waals surface area contributed by atoms with Crippen LogP contribution < -0.4 is 0 Å². The van der Waals surface area contributed by atoms with Crippen molar-refractivity contribution < 1.29 is 2.74 Å². The maximum absolute atomic E-state index is 7.08. The van der Waals surface area contributed by atoms with Crippen LogP contribution in [0, 0.1) is 0 Å². The Bertz CT molecular complexity index is 57.9. The number of halogens is 1. The maximum atomic E-state index is 7.08. The molecule has 6 heavy (non-hydrogen) atoms. The molecule has 0 nitrogen and oxygen atoms in total. The van der Waals surface area contributed by atoms with E-state index in [-0.39, 0.29) is 0 Å². The van der Waals surface area contributed by atoms with Crippen molar-refractivity contribution in [1.82, 2.24) is 0 Å². The largest absolute Gasteiger partial charge is 0.0928 e. The highest BCUT2D eigenvalue weighted by Gasteiger charge is 1.76. The Kier molecular flexibility index (Phi) is 3.18. The van der Waals surface area contributed by atoms with E-state index in [0.29, 0.717) is 6.42 Å². The molecule has 0 aliphatic rings. The van der Waals surface area contributed by atoms with Gasteiger partial charge in [0.2, 0.25) is 0 Å². The fraction of sp³-hybridized carbons (Fsp3) is 1.00. The molecule has 0 heterocycles. The van der Waals surface area contributed by atoms with Gasteiger partial charge in [-0.15, -0.1) is 0 Å². The SMILES string of the molecule is [2H]C([2H])(C)CCCBr. The minimum atomic E-state index is -0.978. The Morgan fingerprint density at radius 1 is 1.67 bits per heavy atom. The van der Waals surface area contributed by atoms with Crippen molar-refractivity contribution >= 4 is 15.9 Å². The summed E-state index contributed by atoms with van der Waals surface area (Å²) < 4.78 is 14.2. The third kappa shape index (κ3) is 4.48. The molecule has 38 valence electrons. The van der Waals surface area contributed by atoms with E-state index in [4.69, 9.17) is 2.74 Å². The van der Waals surface area contributed by atoms with Crippen LogP contribution in [-0.2, 0) is 0 Å². The summed E-state index contributed by atoms with van der Waals surface area (Å²) in [6.45, 7) is 1.61. The van der Waals surface area contributed by atoms with Crippen molar-refractivity contribution in [3.8, 4) is 0 Å². The van der Waals surface area contributed by atoms with Crippen molar-refractivity contribution in [2.75, 3.05) is 5.33 Å². The lowest BCUT2D eigenvalue weighted by molar-refractivity contribution is 0.781. The predicted octanol–water partition coefficient (Wildman–Crippen LogP) is 2.57. The summed E-state index contributed by atoms with van der Waals surface area (Å²) in [7, 11) is 0. The third-order valence-corrected chi connectivity index (χ3v) is 1.12. The minimum Gasteiger partial charge on any atom is -0.0928 e. The summed E-state index contributed by atoms with van der Waals surface area (Å²) in [4.78, 5) is 0. The van der Waals surface area contributed by atoms with Crippen LogP contribution in [0.1, 0.15) is 28.9 Å². The van der Waals surface area contributed by atoms with Crippen molar-refractivity contribution in [2.45, 2.75) is 26.1 Å². The zero-order chi connectivity index (χ0) is 6.62. The minimum absolute atomic E-state index is 0.651. The smallest absolute Gasteiger partial charge is 0.0264 e. The van der Waals surface area contributed by atoms with E-state index in [2.05, 4.69) is 15.9 Å². The standard InChI is InChI=1S/C5H11Br/c1-2-3-4-5-6/h2-5H2,1H3/i2D2. The number of alkyl halides is 1. The van der Waals surface area contributed by atoms with Crippen LogP contribution in [0.25, 0.3) is 0 Å². The Morgan fingerprint density at radius 2 is 2.33 bits per heavy atom. The Hall–Kier alpha value is 0.480. The van der Waals surface area contributed by atoms with Gasteiger partial charge in [0.15, 0.2) is 0 Å². The average molecular weight is 153 g/mol. The van der Waals surface area contributed by atoms with Gasteiger partial charge in [0, 0.05) is 8.07 Å². The summed E-state index contributed by atoms with van der Waals surface area (Å²) >= 11 is 3.24. The average Bonchev–Trinajstić information content (AvgIpc) is 1.59. The van der Waals surface area contributed by atoms with Gasteiger partial charge in [-0.25, -0.2) is 0 Å². The molecule has 0 aromatic rings. The van der Waals surface area contributed by atoms with Crippen LogP contribution in [0.3, 0.4) is 0 Å². The fourth-order valence-corrected chi connectivity index (χ4v) is 0.524. The lowest BCUT2D eigenvalue weighted by Gasteiger charge is -1.85. The molecule has 1 heteroatoms. The maximum Gasteiger partial charge on any atom is 0.0264 e. The zero-order valence-electron chi connectivity index (χ0n) is 6.00. The van der Waals surface area contributed by atoms with E-state index in [1.54, 1.807) is 6.92 Å². The van der Waals surface area contributed by atoms with Crippen LogP contribution in [0.5, 0.6) is 0 Å². The molecular weight excluding hydrogens is 140 g/mol. The van der Waals surface area contributed by atoms with Crippen LogP contribution in [0.4, 0.5) is 0 Å². The molecule has 0 radical (unpaired) electrons. The van der Waals surface area contributed by atoms with E-state index < -0.39 is 6.37 Å². The molecule has 0 rings (SSSR count). The quantitative estimate of drug-likeness (QED) is 0.546. The number of rotatable bonds is 3. The van der Waals surface area contributed by atoms with Gasteiger partial charge in [-0.05, 0) is 6.42 Å². The molecule has 0 saturated heterocycles. The molecule has 0 aliphatic carbocycles. The van der Waals surface area contributed by atoms with Crippen molar-refractivity contribution in [3.05, 3.63) is 0 Å². The van der Waals surface area contributed by atoms with Crippen LogP contribution in [-0.4, -0.2) is 5.33 Å². The van der Waals surface area contributed by atoms with Gasteiger partial charge in [0.25, 0.3) is 0 Å².